The van der Waals surface area contributed by atoms with Crippen molar-refractivity contribution in [2.24, 2.45) is 5.92 Å². The van der Waals surface area contributed by atoms with Crippen molar-refractivity contribution in [3.8, 4) is 0 Å². The topological polar surface area (TPSA) is 0 Å². The van der Waals surface area contributed by atoms with Crippen molar-refractivity contribution in [1.82, 2.24) is 0 Å². The Bertz CT molecular complexity index is 361. The summed E-state index contributed by atoms with van der Waals surface area (Å²) in [7, 11) is 0. The second-order valence-corrected chi connectivity index (χ2v) is 4.13. The van der Waals surface area contributed by atoms with Crippen LogP contribution in [-0.2, 0) is 0 Å². The second-order valence-electron chi connectivity index (χ2n) is 4.13. The molecule has 0 aliphatic heterocycles. The molecule has 0 radical (unpaired) electrons. The summed E-state index contributed by atoms with van der Waals surface area (Å²) in [6, 6.07) is 0. The molecule has 0 aromatic carbocycles. The van der Waals surface area contributed by atoms with E-state index >= 15 is 0 Å². The highest BCUT2D eigenvalue weighted by atomic mass is 19.3. The van der Waals surface area contributed by atoms with Crippen molar-refractivity contribution in [3.63, 3.8) is 0 Å². The molecule has 0 bridgehead atoms. The van der Waals surface area contributed by atoms with E-state index in [2.05, 4.69) is 6.58 Å². The Balaban J connectivity index is 2.79. The Hall–Kier alpha value is -1.25. The lowest BCUT2D eigenvalue weighted by atomic mass is 9.81. The molecule has 0 atom stereocenters. The van der Waals surface area contributed by atoms with E-state index in [1.807, 2.05) is 0 Å². The van der Waals surface area contributed by atoms with E-state index in [1.165, 1.54) is 6.08 Å². The standard InChI is InChI=1S/C14H17F3/c1-3-5-12(13(15)4-2)10-6-8-11(9-7-10)14(16)17/h3-5,10H,1,6-9H2,2H3/b12-5-,13-4+. The largest absolute Gasteiger partial charge is 0.269 e. The predicted octanol–water partition coefficient (Wildman–Crippen LogP) is 5.31. The zero-order chi connectivity index (χ0) is 12.8. The van der Waals surface area contributed by atoms with Gasteiger partial charge >= 0.3 is 0 Å². The summed E-state index contributed by atoms with van der Waals surface area (Å²) in [5.74, 6) is -0.254. The Labute approximate surface area is 100 Å². The van der Waals surface area contributed by atoms with Gasteiger partial charge in [0.1, 0.15) is 5.83 Å². The van der Waals surface area contributed by atoms with Crippen LogP contribution in [0.1, 0.15) is 32.6 Å². The summed E-state index contributed by atoms with van der Waals surface area (Å²) in [6.45, 7) is 5.18. The Kier molecular flexibility index (Phi) is 5.26. The van der Waals surface area contributed by atoms with E-state index in [0.29, 0.717) is 31.3 Å². The molecule has 0 aromatic heterocycles. The van der Waals surface area contributed by atoms with Gasteiger partial charge in [0.25, 0.3) is 6.08 Å². The zero-order valence-electron chi connectivity index (χ0n) is 9.98. The zero-order valence-corrected chi connectivity index (χ0v) is 9.98. The second kappa shape index (κ2) is 6.48. The van der Waals surface area contributed by atoms with Gasteiger partial charge in [-0.25, -0.2) is 4.39 Å². The van der Waals surface area contributed by atoms with E-state index in [-0.39, 0.29) is 17.3 Å². The lowest BCUT2D eigenvalue weighted by Crippen LogP contribution is -2.11. The van der Waals surface area contributed by atoms with Gasteiger partial charge in [0.05, 0.1) is 0 Å². The van der Waals surface area contributed by atoms with Crippen LogP contribution in [0.5, 0.6) is 0 Å². The molecule has 0 heterocycles. The Morgan fingerprint density at radius 3 is 2.24 bits per heavy atom. The lowest BCUT2D eigenvalue weighted by Gasteiger charge is -2.25. The minimum atomic E-state index is -1.57. The van der Waals surface area contributed by atoms with Crippen molar-refractivity contribution >= 4 is 0 Å². The van der Waals surface area contributed by atoms with Gasteiger partial charge in [-0.15, -0.1) is 0 Å². The predicted molar refractivity (Wildman–Crippen MR) is 64.3 cm³/mol. The van der Waals surface area contributed by atoms with Crippen LogP contribution in [0.2, 0.25) is 0 Å². The summed E-state index contributed by atoms with van der Waals surface area (Å²) in [5, 5.41) is 0. The highest BCUT2D eigenvalue weighted by Gasteiger charge is 2.24. The molecule has 0 spiro atoms. The maximum atomic E-state index is 13.6. The molecule has 94 valence electrons. The number of hydrogen-bond donors (Lipinski definition) is 0. The molecule has 0 saturated heterocycles. The molecule has 0 amide bonds. The number of halogens is 3. The van der Waals surface area contributed by atoms with E-state index in [0.717, 1.165) is 0 Å². The molecule has 1 aliphatic rings. The van der Waals surface area contributed by atoms with E-state index in [9.17, 15) is 13.2 Å². The molecule has 1 fully saturated rings. The normalized spacial score (nSPS) is 22.6. The quantitative estimate of drug-likeness (QED) is 0.588. The van der Waals surface area contributed by atoms with Crippen LogP contribution < -0.4 is 0 Å². The van der Waals surface area contributed by atoms with Gasteiger partial charge in [-0.1, -0.05) is 24.8 Å². The van der Waals surface area contributed by atoms with Gasteiger partial charge in [0, 0.05) is 0 Å². The Morgan fingerprint density at radius 1 is 1.24 bits per heavy atom. The average molecular weight is 242 g/mol. The van der Waals surface area contributed by atoms with Crippen molar-refractivity contribution in [2.45, 2.75) is 32.6 Å². The minimum Gasteiger partial charge on any atom is -0.207 e. The number of hydrogen-bond acceptors (Lipinski definition) is 0. The Morgan fingerprint density at radius 2 is 1.82 bits per heavy atom. The van der Waals surface area contributed by atoms with Crippen molar-refractivity contribution < 1.29 is 13.2 Å². The van der Waals surface area contributed by atoms with Crippen LogP contribution in [-0.4, -0.2) is 0 Å². The molecular formula is C14H17F3. The van der Waals surface area contributed by atoms with E-state index in [1.54, 1.807) is 19.1 Å². The van der Waals surface area contributed by atoms with Crippen LogP contribution in [0, 0.1) is 5.92 Å². The summed E-state index contributed by atoms with van der Waals surface area (Å²) in [4.78, 5) is 0. The van der Waals surface area contributed by atoms with E-state index < -0.39 is 6.08 Å². The molecular weight excluding hydrogens is 225 g/mol. The number of rotatable bonds is 3. The first kappa shape index (κ1) is 13.8. The molecule has 3 heteroatoms. The first-order valence-electron chi connectivity index (χ1n) is 5.78. The summed E-state index contributed by atoms with van der Waals surface area (Å²) in [5.41, 5.74) is 0.806. The summed E-state index contributed by atoms with van der Waals surface area (Å²) in [6.07, 6.45) is 4.89. The van der Waals surface area contributed by atoms with Crippen molar-refractivity contribution in [2.75, 3.05) is 0 Å². The third kappa shape index (κ3) is 3.62. The smallest absolute Gasteiger partial charge is 0.207 e. The molecule has 0 N–H and O–H groups in total. The van der Waals surface area contributed by atoms with Gasteiger partial charge in [-0.3, -0.25) is 0 Å². The van der Waals surface area contributed by atoms with Crippen LogP contribution in [0.25, 0.3) is 0 Å². The third-order valence-corrected chi connectivity index (χ3v) is 3.12. The van der Waals surface area contributed by atoms with E-state index in [4.69, 9.17) is 0 Å². The first-order valence-corrected chi connectivity index (χ1v) is 5.78. The van der Waals surface area contributed by atoms with Gasteiger partial charge in [0.15, 0.2) is 0 Å². The van der Waals surface area contributed by atoms with Gasteiger partial charge in [-0.2, -0.15) is 8.78 Å². The fourth-order valence-corrected chi connectivity index (χ4v) is 2.17. The summed E-state index contributed by atoms with van der Waals surface area (Å²) >= 11 is 0. The third-order valence-electron chi connectivity index (χ3n) is 3.12. The molecule has 0 nitrogen and oxygen atoms in total. The summed E-state index contributed by atoms with van der Waals surface area (Å²) < 4.78 is 38.4. The van der Waals surface area contributed by atoms with Crippen molar-refractivity contribution in [3.05, 3.63) is 47.9 Å². The lowest BCUT2D eigenvalue weighted by molar-refractivity contribution is 0.374. The maximum absolute atomic E-state index is 13.6. The van der Waals surface area contributed by atoms with Gasteiger partial charge < -0.3 is 0 Å². The van der Waals surface area contributed by atoms with Crippen LogP contribution in [0.15, 0.2) is 47.9 Å². The van der Waals surface area contributed by atoms with Crippen molar-refractivity contribution in [1.29, 1.82) is 0 Å². The molecule has 17 heavy (non-hydrogen) atoms. The molecule has 1 saturated carbocycles. The monoisotopic (exact) mass is 242 g/mol. The SMILES string of the molecule is C=C/C=C(\C(F)=C/C)C1CCC(=C(F)F)CC1. The highest BCUT2D eigenvalue weighted by Crippen LogP contribution is 2.37. The first-order chi connectivity index (χ1) is 8.10. The van der Waals surface area contributed by atoms with Gasteiger partial charge in [-0.05, 0) is 49.7 Å². The van der Waals surface area contributed by atoms with Crippen LogP contribution in [0.4, 0.5) is 13.2 Å². The molecule has 1 rings (SSSR count). The highest BCUT2D eigenvalue weighted by molar-refractivity contribution is 5.31. The maximum Gasteiger partial charge on any atom is 0.269 e. The fraction of sp³-hybridized carbons (Fsp3) is 0.429. The van der Waals surface area contributed by atoms with Crippen LogP contribution in [0.3, 0.4) is 0 Å². The fourth-order valence-electron chi connectivity index (χ4n) is 2.17. The number of allylic oxidation sites excluding steroid dienone is 6. The molecule has 1 aliphatic carbocycles. The minimum absolute atomic E-state index is 0.0206. The molecule has 0 unspecified atom stereocenters. The average Bonchev–Trinajstić information content (AvgIpc) is 2.35. The van der Waals surface area contributed by atoms with Crippen LogP contribution >= 0.6 is 0 Å². The molecule has 0 aromatic rings. The van der Waals surface area contributed by atoms with Gasteiger partial charge in [0.2, 0.25) is 0 Å².